The molecule has 0 saturated carbocycles. The van der Waals surface area contributed by atoms with Gasteiger partial charge in [-0.05, 0) is 37.6 Å². The summed E-state index contributed by atoms with van der Waals surface area (Å²) < 4.78 is 4.54. The van der Waals surface area contributed by atoms with E-state index in [9.17, 15) is 0 Å². The number of fused-ring (bicyclic) bond motifs is 7. The van der Waals surface area contributed by atoms with E-state index in [-0.39, 0.29) is 0 Å². The fourth-order valence-electron chi connectivity index (χ4n) is 3.63. The molecule has 5 aromatic rings. The van der Waals surface area contributed by atoms with Crippen LogP contribution in [-0.2, 0) is 0 Å². The lowest BCUT2D eigenvalue weighted by atomic mass is 10.2. The normalized spacial score (nSPS) is 12.1. The van der Waals surface area contributed by atoms with E-state index in [0.29, 0.717) is 0 Å². The molecule has 0 aliphatic rings. The van der Waals surface area contributed by atoms with Crippen LogP contribution in [0.3, 0.4) is 0 Å². The molecule has 0 atom stereocenters. The number of hydrogen-bond donors (Lipinski definition) is 0. The van der Waals surface area contributed by atoms with Gasteiger partial charge in [-0.25, -0.2) is 4.98 Å². The first-order valence-corrected chi connectivity index (χ1v) is 7.52. The van der Waals surface area contributed by atoms with Crippen LogP contribution in [0, 0.1) is 13.8 Å². The van der Waals surface area contributed by atoms with Crippen molar-refractivity contribution in [3.05, 3.63) is 66.0 Å². The number of rotatable bonds is 0. The molecule has 2 aromatic carbocycles. The molecular formula is C19H15N3. The van der Waals surface area contributed by atoms with E-state index in [1.807, 2.05) is 6.07 Å². The second-order valence-corrected chi connectivity index (χ2v) is 5.89. The smallest absolute Gasteiger partial charge is 0.162 e. The number of benzene rings is 2. The summed E-state index contributed by atoms with van der Waals surface area (Å²) in [5, 5.41) is 1.29. The van der Waals surface area contributed by atoms with Crippen LogP contribution in [0.25, 0.3) is 33.1 Å². The average molecular weight is 285 g/mol. The SMILES string of the molecule is Cc1c2ccccc2n2cc(C)n3c4ccccc4nc3c12. The van der Waals surface area contributed by atoms with Gasteiger partial charge in [0.2, 0.25) is 0 Å². The van der Waals surface area contributed by atoms with E-state index in [4.69, 9.17) is 4.98 Å². The Hall–Kier alpha value is -2.81. The summed E-state index contributed by atoms with van der Waals surface area (Å²) in [6.07, 6.45) is 2.21. The summed E-state index contributed by atoms with van der Waals surface area (Å²) >= 11 is 0. The van der Waals surface area contributed by atoms with Crippen LogP contribution in [0.4, 0.5) is 0 Å². The third-order valence-electron chi connectivity index (χ3n) is 4.60. The zero-order valence-electron chi connectivity index (χ0n) is 12.5. The van der Waals surface area contributed by atoms with Gasteiger partial charge in [0.25, 0.3) is 0 Å². The molecule has 0 N–H and O–H groups in total. The minimum atomic E-state index is 1.04. The Labute approximate surface area is 127 Å². The molecular weight excluding hydrogens is 270 g/mol. The number of nitrogens with zero attached hydrogens (tertiary/aromatic N) is 3. The van der Waals surface area contributed by atoms with Crippen LogP contribution in [0.15, 0.2) is 54.7 Å². The van der Waals surface area contributed by atoms with Gasteiger partial charge in [0.15, 0.2) is 5.65 Å². The Morgan fingerprint density at radius 2 is 1.59 bits per heavy atom. The fourth-order valence-corrected chi connectivity index (χ4v) is 3.63. The van der Waals surface area contributed by atoms with Crippen molar-refractivity contribution in [1.82, 2.24) is 13.8 Å². The van der Waals surface area contributed by atoms with Crippen molar-refractivity contribution in [3.8, 4) is 0 Å². The van der Waals surface area contributed by atoms with Crippen molar-refractivity contribution < 1.29 is 0 Å². The van der Waals surface area contributed by atoms with Gasteiger partial charge >= 0.3 is 0 Å². The van der Waals surface area contributed by atoms with E-state index in [2.05, 4.69) is 71.3 Å². The molecule has 3 aromatic heterocycles. The van der Waals surface area contributed by atoms with E-state index >= 15 is 0 Å². The van der Waals surface area contributed by atoms with Crippen molar-refractivity contribution in [2.24, 2.45) is 0 Å². The highest BCUT2D eigenvalue weighted by atomic mass is 15.1. The second kappa shape index (κ2) is 3.89. The first kappa shape index (κ1) is 11.8. The van der Waals surface area contributed by atoms with Gasteiger partial charge in [-0.3, -0.25) is 4.40 Å². The molecule has 0 radical (unpaired) electrons. The number of aryl methyl sites for hydroxylation is 2. The molecule has 3 heterocycles. The minimum absolute atomic E-state index is 1.04. The summed E-state index contributed by atoms with van der Waals surface area (Å²) in [5.41, 5.74) is 8.17. The first-order chi connectivity index (χ1) is 10.8. The maximum atomic E-state index is 4.90. The van der Waals surface area contributed by atoms with Gasteiger partial charge in [-0.15, -0.1) is 0 Å². The molecule has 0 spiro atoms. The maximum absolute atomic E-state index is 4.90. The fraction of sp³-hybridized carbons (Fsp3) is 0.105. The number of imidazole rings is 1. The molecule has 0 bridgehead atoms. The molecule has 106 valence electrons. The first-order valence-electron chi connectivity index (χ1n) is 7.52. The van der Waals surface area contributed by atoms with Gasteiger partial charge in [-0.1, -0.05) is 30.3 Å². The number of aromatic nitrogens is 3. The molecule has 0 saturated heterocycles. The minimum Gasteiger partial charge on any atom is -0.311 e. The van der Waals surface area contributed by atoms with Crippen LogP contribution in [0.5, 0.6) is 0 Å². The van der Waals surface area contributed by atoms with Crippen molar-refractivity contribution in [2.45, 2.75) is 13.8 Å². The largest absolute Gasteiger partial charge is 0.311 e. The van der Waals surface area contributed by atoms with Crippen LogP contribution >= 0.6 is 0 Å². The molecule has 0 amide bonds. The van der Waals surface area contributed by atoms with E-state index < -0.39 is 0 Å². The van der Waals surface area contributed by atoms with Crippen molar-refractivity contribution in [1.29, 1.82) is 0 Å². The molecule has 0 unspecified atom stereocenters. The Morgan fingerprint density at radius 1 is 0.864 bits per heavy atom. The Bertz CT molecular complexity index is 1190. The van der Waals surface area contributed by atoms with E-state index in [0.717, 1.165) is 11.2 Å². The van der Waals surface area contributed by atoms with Gasteiger partial charge in [0, 0.05) is 17.3 Å². The molecule has 3 nitrogen and oxygen atoms in total. The standard InChI is InChI=1S/C19H15N3/c1-12-11-21-16-9-5-3-7-14(16)13(2)18(21)19-20-15-8-4-6-10-17(15)22(12)19/h3-11H,1-2H3. The van der Waals surface area contributed by atoms with Crippen LogP contribution < -0.4 is 0 Å². The molecule has 22 heavy (non-hydrogen) atoms. The summed E-state index contributed by atoms with van der Waals surface area (Å²) in [6, 6.07) is 16.9. The molecule has 5 rings (SSSR count). The van der Waals surface area contributed by atoms with Crippen LogP contribution in [0.2, 0.25) is 0 Å². The monoisotopic (exact) mass is 285 g/mol. The maximum Gasteiger partial charge on any atom is 0.162 e. The zero-order chi connectivity index (χ0) is 14.8. The molecule has 3 heteroatoms. The topological polar surface area (TPSA) is 21.7 Å². The lowest BCUT2D eigenvalue weighted by Gasteiger charge is -2.05. The van der Waals surface area contributed by atoms with E-state index in [1.165, 1.54) is 33.2 Å². The summed E-state index contributed by atoms with van der Waals surface area (Å²) in [5.74, 6) is 0. The number of hydrogen-bond acceptors (Lipinski definition) is 1. The predicted octanol–water partition coefficient (Wildman–Crippen LogP) is 4.51. The molecule has 0 aliphatic heterocycles. The van der Waals surface area contributed by atoms with Gasteiger partial charge in [-0.2, -0.15) is 0 Å². The van der Waals surface area contributed by atoms with Crippen molar-refractivity contribution >= 4 is 33.1 Å². The zero-order valence-corrected chi connectivity index (χ0v) is 12.5. The molecule has 0 fully saturated rings. The van der Waals surface area contributed by atoms with Gasteiger partial charge in [0.1, 0.15) is 0 Å². The summed E-state index contributed by atoms with van der Waals surface area (Å²) in [7, 11) is 0. The Kier molecular flexibility index (Phi) is 2.09. The predicted molar refractivity (Wildman–Crippen MR) is 90.6 cm³/mol. The Balaban J connectivity index is 2.17. The lowest BCUT2D eigenvalue weighted by molar-refractivity contribution is 1.06. The molecule has 0 aliphatic carbocycles. The third-order valence-corrected chi connectivity index (χ3v) is 4.60. The summed E-state index contributed by atoms with van der Waals surface area (Å²) in [4.78, 5) is 4.90. The van der Waals surface area contributed by atoms with Crippen LogP contribution in [-0.4, -0.2) is 13.8 Å². The highest BCUT2D eigenvalue weighted by Crippen LogP contribution is 2.31. The van der Waals surface area contributed by atoms with Crippen molar-refractivity contribution in [2.75, 3.05) is 0 Å². The highest BCUT2D eigenvalue weighted by molar-refractivity contribution is 5.99. The number of para-hydroxylation sites is 3. The second-order valence-electron chi connectivity index (χ2n) is 5.89. The van der Waals surface area contributed by atoms with Gasteiger partial charge < -0.3 is 4.40 Å². The average Bonchev–Trinajstić information content (AvgIpc) is 3.05. The quantitative estimate of drug-likeness (QED) is 0.410. The van der Waals surface area contributed by atoms with Gasteiger partial charge in [0.05, 0.1) is 22.1 Å². The van der Waals surface area contributed by atoms with Crippen molar-refractivity contribution in [3.63, 3.8) is 0 Å². The summed E-state index contributed by atoms with van der Waals surface area (Å²) in [6.45, 7) is 4.33. The Morgan fingerprint density at radius 3 is 2.45 bits per heavy atom. The highest BCUT2D eigenvalue weighted by Gasteiger charge is 2.15. The third kappa shape index (κ3) is 1.29. The van der Waals surface area contributed by atoms with E-state index in [1.54, 1.807) is 0 Å². The lowest BCUT2D eigenvalue weighted by Crippen LogP contribution is -1.97. The van der Waals surface area contributed by atoms with Crippen LogP contribution in [0.1, 0.15) is 11.3 Å².